The number of amides is 2. The molecule has 1 rings (SSSR count). The maximum atomic E-state index is 11.2. The lowest BCUT2D eigenvalue weighted by atomic mass is 9.85. The fourth-order valence-electron chi connectivity index (χ4n) is 2.68. The minimum Gasteiger partial charge on any atom is -0.355 e. The Bertz CT molecular complexity index is 318. The molecule has 0 aromatic rings. The molecule has 0 radical (unpaired) electrons. The van der Waals surface area contributed by atoms with Crippen LogP contribution in [0.4, 0.5) is 0 Å². The second kappa shape index (κ2) is 7.48. The lowest BCUT2D eigenvalue weighted by Crippen LogP contribution is -2.52. The molecule has 1 aliphatic rings. The minimum atomic E-state index is 0.0100. The van der Waals surface area contributed by atoms with Gasteiger partial charge in [0.05, 0.1) is 0 Å². The van der Waals surface area contributed by atoms with Gasteiger partial charge in [0.2, 0.25) is 11.8 Å². The first-order chi connectivity index (χ1) is 8.88. The molecule has 19 heavy (non-hydrogen) atoms. The molecule has 1 heterocycles. The van der Waals surface area contributed by atoms with Crippen molar-refractivity contribution in [1.29, 1.82) is 0 Å². The Morgan fingerprint density at radius 1 is 1.21 bits per heavy atom. The van der Waals surface area contributed by atoms with Crippen molar-refractivity contribution >= 4 is 11.8 Å². The van der Waals surface area contributed by atoms with E-state index in [4.69, 9.17) is 0 Å². The smallest absolute Gasteiger partial charge is 0.217 e. The fourth-order valence-corrected chi connectivity index (χ4v) is 2.68. The summed E-state index contributed by atoms with van der Waals surface area (Å²) in [6.07, 6.45) is 1.05. The third-order valence-corrected chi connectivity index (χ3v) is 3.71. The summed E-state index contributed by atoms with van der Waals surface area (Å²) in [5.74, 6) is 1.26. The molecule has 2 N–H and O–H groups in total. The van der Waals surface area contributed by atoms with E-state index in [2.05, 4.69) is 29.4 Å². The topological polar surface area (TPSA) is 61.4 Å². The molecule has 0 aliphatic carbocycles. The number of nitrogens with one attached hydrogen (secondary N) is 2. The zero-order valence-corrected chi connectivity index (χ0v) is 12.5. The van der Waals surface area contributed by atoms with E-state index in [9.17, 15) is 9.59 Å². The standard InChI is InChI=1S/C14H27N3O2/c1-10(2)13-7-14(16-12(4)19)9-17(8-13)6-5-15-11(3)18/h10,13-14H,5-9H2,1-4H3,(H,15,18)(H,16,19). The summed E-state index contributed by atoms with van der Waals surface area (Å²) in [6.45, 7) is 11.0. The first-order valence-electron chi connectivity index (χ1n) is 7.12. The van der Waals surface area contributed by atoms with Crippen LogP contribution in [0.3, 0.4) is 0 Å². The van der Waals surface area contributed by atoms with Gasteiger partial charge in [-0.05, 0) is 18.3 Å². The van der Waals surface area contributed by atoms with Gasteiger partial charge in [0.15, 0.2) is 0 Å². The van der Waals surface area contributed by atoms with Gasteiger partial charge in [0.1, 0.15) is 0 Å². The Kier molecular flexibility index (Phi) is 6.28. The van der Waals surface area contributed by atoms with Crippen LogP contribution in [0.25, 0.3) is 0 Å². The number of nitrogens with zero attached hydrogens (tertiary/aromatic N) is 1. The molecule has 2 atom stereocenters. The SMILES string of the molecule is CC(=O)NCCN1CC(NC(C)=O)CC(C(C)C)C1. The fraction of sp³-hybridized carbons (Fsp3) is 0.857. The van der Waals surface area contributed by atoms with Crippen LogP contribution < -0.4 is 10.6 Å². The van der Waals surface area contributed by atoms with Crippen molar-refractivity contribution in [3.05, 3.63) is 0 Å². The van der Waals surface area contributed by atoms with Crippen molar-refractivity contribution in [3.63, 3.8) is 0 Å². The number of hydrogen-bond donors (Lipinski definition) is 2. The summed E-state index contributed by atoms with van der Waals surface area (Å²) >= 11 is 0. The summed E-state index contributed by atoms with van der Waals surface area (Å²) in [5, 5.41) is 5.85. The zero-order valence-electron chi connectivity index (χ0n) is 12.5. The van der Waals surface area contributed by atoms with E-state index in [1.54, 1.807) is 6.92 Å². The Morgan fingerprint density at radius 2 is 1.89 bits per heavy atom. The summed E-state index contributed by atoms with van der Waals surface area (Å²) in [5.41, 5.74) is 0. The van der Waals surface area contributed by atoms with Gasteiger partial charge in [-0.3, -0.25) is 14.5 Å². The van der Waals surface area contributed by atoms with E-state index in [1.807, 2.05) is 0 Å². The summed E-state index contributed by atoms with van der Waals surface area (Å²) in [4.78, 5) is 24.4. The maximum absolute atomic E-state index is 11.2. The second-order valence-corrected chi connectivity index (χ2v) is 5.88. The van der Waals surface area contributed by atoms with E-state index >= 15 is 0 Å². The predicted molar refractivity (Wildman–Crippen MR) is 75.7 cm³/mol. The van der Waals surface area contributed by atoms with Crippen molar-refractivity contribution in [2.45, 2.75) is 40.2 Å². The molecule has 0 bridgehead atoms. The molecule has 0 aromatic heterocycles. The molecule has 110 valence electrons. The van der Waals surface area contributed by atoms with Crippen LogP contribution in [-0.4, -0.2) is 48.9 Å². The quantitative estimate of drug-likeness (QED) is 0.768. The minimum absolute atomic E-state index is 0.0100. The summed E-state index contributed by atoms with van der Waals surface area (Å²) < 4.78 is 0. The highest BCUT2D eigenvalue weighted by molar-refractivity contribution is 5.73. The van der Waals surface area contributed by atoms with Crippen LogP contribution in [0.5, 0.6) is 0 Å². The molecule has 0 spiro atoms. The normalized spacial score (nSPS) is 24.3. The number of carbonyl (C=O) groups is 2. The van der Waals surface area contributed by atoms with Crippen molar-refractivity contribution < 1.29 is 9.59 Å². The van der Waals surface area contributed by atoms with E-state index in [-0.39, 0.29) is 17.9 Å². The summed E-state index contributed by atoms with van der Waals surface area (Å²) in [7, 11) is 0. The van der Waals surface area contributed by atoms with Gasteiger partial charge in [-0.15, -0.1) is 0 Å². The number of carbonyl (C=O) groups excluding carboxylic acids is 2. The molecule has 0 aromatic carbocycles. The molecule has 5 nitrogen and oxygen atoms in total. The van der Waals surface area contributed by atoms with Crippen molar-refractivity contribution in [2.75, 3.05) is 26.2 Å². The number of rotatable bonds is 5. The number of hydrogen-bond acceptors (Lipinski definition) is 3. The van der Waals surface area contributed by atoms with Gasteiger partial charge < -0.3 is 10.6 Å². The van der Waals surface area contributed by atoms with E-state index < -0.39 is 0 Å². The molecular formula is C14H27N3O2. The highest BCUT2D eigenvalue weighted by Crippen LogP contribution is 2.23. The molecule has 1 fully saturated rings. The summed E-state index contributed by atoms with van der Waals surface area (Å²) in [6, 6.07) is 0.232. The number of likely N-dealkylation sites (tertiary alicyclic amines) is 1. The third-order valence-electron chi connectivity index (χ3n) is 3.71. The van der Waals surface area contributed by atoms with Crippen molar-refractivity contribution in [2.24, 2.45) is 11.8 Å². The van der Waals surface area contributed by atoms with Crippen LogP contribution in [0.2, 0.25) is 0 Å². The Labute approximate surface area is 116 Å². The first-order valence-corrected chi connectivity index (χ1v) is 7.12. The van der Waals surface area contributed by atoms with Crippen molar-refractivity contribution in [1.82, 2.24) is 15.5 Å². The molecule has 2 unspecified atom stereocenters. The van der Waals surface area contributed by atoms with Gasteiger partial charge in [-0.2, -0.15) is 0 Å². The predicted octanol–water partition coefficient (Wildman–Crippen LogP) is 0.605. The third kappa shape index (κ3) is 6.05. The molecule has 5 heteroatoms. The van der Waals surface area contributed by atoms with Gasteiger partial charge in [0.25, 0.3) is 0 Å². The Hall–Kier alpha value is -1.10. The van der Waals surface area contributed by atoms with E-state index in [0.29, 0.717) is 18.4 Å². The first kappa shape index (κ1) is 16.0. The largest absolute Gasteiger partial charge is 0.355 e. The molecule has 1 aliphatic heterocycles. The van der Waals surface area contributed by atoms with Crippen LogP contribution in [0.1, 0.15) is 34.1 Å². The van der Waals surface area contributed by atoms with Crippen LogP contribution >= 0.6 is 0 Å². The van der Waals surface area contributed by atoms with Crippen LogP contribution in [0, 0.1) is 11.8 Å². The number of piperidine rings is 1. The lowest BCUT2D eigenvalue weighted by molar-refractivity contribution is -0.120. The van der Waals surface area contributed by atoms with E-state index in [1.165, 1.54) is 6.92 Å². The van der Waals surface area contributed by atoms with Gasteiger partial charge in [-0.25, -0.2) is 0 Å². The average molecular weight is 269 g/mol. The molecule has 1 saturated heterocycles. The monoisotopic (exact) mass is 269 g/mol. The van der Waals surface area contributed by atoms with Crippen LogP contribution in [0.15, 0.2) is 0 Å². The van der Waals surface area contributed by atoms with Gasteiger partial charge in [0, 0.05) is 46.1 Å². The highest BCUT2D eigenvalue weighted by Gasteiger charge is 2.29. The maximum Gasteiger partial charge on any atom is 0.217 e. The Morgan fingerprint density at radius 3 is 2.42 bits per heavy atom. The molecule has 0 saturated carbocycles. The molecular weight excluding hydrogens is 242 g/mol. The lowest BCUT2D eigenvalue weighted by Gasteiger charge is -2.39. The molecule has 2 amide bonds. The van der Waals surface area contributed by atoms with Gasteiger partial charge >= 0.3 is 0 Å². The Balaban J connectivity index is 2.49. The van der Waals surface area contributed by atoms with E-state index in [0.717, 1.165) is 26.1 Å². The highest BCUT2D eigenvalue weighted by atomic mass is 16.2. The second-order valence-electron chi connectivity index (χ2n) is 5.88. The van der Waals surface area contributed by atoms with Gasteiger partial charge in [-0.1, -0.05) is 13.8 Å². The van der Waals surface area contributed by atoms with Crippen molar-refractivity contribution in [3.8, 4) is 0 Å². The zero-order chi connectivity index (χ0) is 14.4. The average Bonchev–Trinajstić information content (AvgIpc) is 2.27. The van der Waals surface area contributed by atoms with Crippen LogP contribution in [-0.2, 0) is 9.59 Å².